The number of halogens is 4. The van der Waals surface area contributed by atoms with Gasteiger partial charge in [0, 0.05) is 5.56 Å². The summed E-state index contributed by atoms with van der Waals surface area (Å²) in [5.41, 5.74) is -2.46. The number of benzene rings is 1. The molecule has 1 aromatic carbocycles. The molecule has 1 aromatic heterocycles. The number of nitriles is 1. The number of rotatable bonds is 2. The number of aromatic nitrogens is 1. The lowest BCUT2D eigenvalue weighted by Gasteiger charge is -2.20. The van der Waals surface area contributed by atoms with Gasteiger partial charge < -0.3 is 0 Å². The number of pyridine rings is 1. The first-order chi connectivity index (χ1) is 12.8. The lowest BCUT2D eigenvalue weighted by Crippen LogP contribution is -2.29. The third-order valence-corrected chi connectivity index (χ3v) is 4.87. The lowest BCUT2D eigenvalue weighted by atomic mass is 9.98. The van der Waals surface area contributed by atoms with E-state index in [4.69, 9.17) is 16.9 Å². The van der Waals surface area contributed by atoms with E-state index in [0.29, 0.717) is 24.1 Å². The first kappa shape index (κ1) is 19.2. The normalized spacial score (nSPS) is 19.1. The van der Waals surface area contributed by atoms with Crippen LogP contribution in [0.5, 0.6) is 0 Å². The zero-order valence-electron chi connectivity index (χ0n) is 14.1. The molecule has 1 aliphatic carbocycles. The van der Waals surface area contributed by atoms with Crippen LogP contribution in [0.1, 0.15) is 36.8 Å². The van der Waals surface area contributed by atoms with Crippen molar-refractivity contribution in [1.82, 2.24) is 4.68 Å². The highest BCUT2D eigenvalue weighted by Gasteiger charge is 2.36. The van der Waals surface area contributed by atoms with E-state index in [1.165, 1.54) is 6.07 Å². The quantitative estimate of drug-likeness (QED) is 0.689. The molecule has 0 saturated heterocycles. The fourth-order valence-electron chi connectivity index (χ4n) is 3.04. The van der Waals surface area contributed by atoms with Crippen molar-refractivity contribution in [2.75, 3.05) is 0 Å². The van der Waals surface area contributed by atoms with Crippen LogP contribution < -0.4 is 5.56 Å². The van der Waals surface area contributed by atoms with Crippen LogP contribution in [0, 0.1) is 11.3 Å². The van der Waals surface area contributed by atoms with Crippen LogP contribution in [0.2, 0.25) is 0 Å². The molecule has 2 aromatic rings. The van der Waals surface area contributed by atoms with E-state index in [0.717, 1.165) is 23.6 Å². The van der Waals surface area contributed by atoms with Crippen LogP contribution >= 0.6 is 11.6 Å². The van der Waals surface area contributed by atoms with Gasteiger partial charge in [-0.05, 0) is 25.3 Å². The van der Waals surface area contributed by atoms with E-state index in [9.17, 15) is 18.0 Å². The molecule has 1 heterocycles. The van der Waals surface area contributed by atoms with Gasteiger partial charge in [-0.15, -0.1) is 11.6 Å². The molecule has 0 N–H and O–H groups in total. The first-order valence-electron chi connectivity index (χ1n) is 8.37. The molecular formula is C19H15ClF3N3O. The molecule has 0 bridgehead atoms. The zero-order chi connectivity index (χ0) is 19.6. The molecule has 1 atom stereocenters. The van der Waals surface area contributed by atoms with E-state index in [1.54, 1.807) is 30.3 Å². The highest BCUT2D eigenvalue weighted by atomic mass is 35.5. The van der Waals surface area contributed by atoms with Crippen molar-refractivity contribution in [1.29, 1.82) is 5.26 Å². The molecule has 1 unspecified atom stereocenters. The fourth-order valence-corrected chi connectivity index (χ4v) is 3.35. The molecule has 3 rings (SSSR count). The first-order valence-corrected chi connectivity index (χ1v) is 8.81. The molecule has 27 heavy (non-hydrogen) atoms. The summed E-state index contributed by atoms with van der Waals surface area (Å²) < 4.78 is 41.1. The third-order valence-electron chi connectivity index (χ3n) is 4.40. The van der Waals surface area contributed by atoms with Crippen LogP contribution in [-0.4, -0.2) is 15.8 Å². The van der Waals surface area contributed by atoms with Crippen molar-refractivity contribution in [2.24, 2.45) is 5.10 Å². The summed E-state index contributed by atoms with van der Waals surface area (Å²) in [5.74, 6) is 0. The predicted octanol–water partition coefficient (Wildman–Crippen LogP) is 4.79. The fraction of sp³-hybridized carbons (Fsp3) is 0.316. The van der Waals surface area contributed by atoms with E-state index >= 15 is 0 Å². The molecule has 4 nitrogen and oxygen atoms in total. The third kappa shape index (κ3) is 3.91. The maximum absolute atomic E-state index is 13.4. The highest BCUT2D eigenvalue weighted by molar-refractivity contribution is 6.32. The molecule has 0 radical (unpaired) electrons. The molecule has 0 amide bonds. The monoisotopic (exact) mass is 393 g/mol. The van der Waals surface area contributed by atoms with Gasteiger partial charge in [-0.2, -0.15) is 28.2 Å². The molecular weight excluding hydrogens is 379 g/mol. The largest absolute Gasteiger partial charge is 0.417 e. The predicted molar refractivity (Wildman–Crippen MR) is 96.8 cm³/mol. The Kier molecular flexibility index (Phi) is 5.38. The lowest BCUT2D eigenvalue weighted by molar-refractivity contribution is -0.137. The van der Waals surface area contributed by atoms with Crippen LogP contribution in [0.25, 0.3) is 11.3 Å². The van der Waals surface area contributed by atoms with E-state index in [-0.39, 0.29) is 11.1 Å². The maximum atomic E-state index is 13.4. The Hall–Kier alpha value is -2.59. The Balaban J connectivity index is 2.33. The Morgan fingerprint density at radius 3 is 2.52 bits per heavy atom. The average molecular weight is 394 g/mol. The second kappa shape index (κ2) is 7.57. The number of hydrogen-bond donors (Lipinski definition) is 0. The highest BCUT2D eigenvalue weighted by Crippen LogP contribution is 2.33. The summed E-state index contributed by atoms with van der Waals surface area (Å²) in [7, 11) is 0. The van der Waals surface area contributed by atoms with Gasteiger partial charge in [0.25, 0.3) is 5.56 Å². The second-order valence-corrected chi connectivity index (χ2v) is 6.74. The minimum Gasteiger partial charge on any atom is -0.266 e. The van der Waals surface area contributed by atoms with Gasteiger partial charge in [0.1, 0.15) is 11.6 Å². The Bertz CT molecular complexity index is 975. The van der Waals surface area contributed by atoms with Crippen molar-refractivity contribution in [3.05, 3.63) is 57.9 Å². The molecule has 1 aliphatic rings. The smallest absolute Gasteiger partial charge is 0.266 e. The SMILES string of the molecule is N#Cc1c(C(F)(F)F)cc(-c2ccccc2)n(/N=C2\CCCCC2Cl)c1=O. The molecule has 0 aliphatic heterocycles. The van der Waals surface area contributed by atoms with Crippen LogP contribution in [-0.2, 0) is 6.18 Å². The second-order valence-electron chi connectivity index (χ2n) is 6.22. The van der Waals surface area contributed by atoms with Crippen molar-refractivity contribution in [2.45, 2.75) is 37.2 Å². The van der Waals surface area contributed by atoms with Gasteiger partial charge >= 0.3 is 6.18 Å². The van der Waals surface area contributed by atoms with Gasteiger partial charge in [-0.25, -0.2) is 0 Å². The van der Waals surface area contributed by atoms with Gasteiger partial charge in [0.15, 0.2) is 0 Å². The average Bonchev–Trinajstić information content (AvgIpc) is 2.64. The number of nitrogens with zero attached hydrogens (tertiary/aromatic N) is 3. The van der Waals surface area contributed by atoms with Crippen molar-refractivity contribution in [3.63, 3.8) is 0 Å². The van der Waals surface area contributed by atoms with Gasteiger partial charge in [-0.1, -0.05) is 36.8 Å². The van der Waals surface area contributed by atoms with Gasteiger partial charge in [0.05, 0.1) is 22.3 Å². The summed E-state index contributed by atoms with van der Waals surface area (Å²) in [6.07, 6.45) is -1.84. The summed E-state index contributed by atoms with van der Waals surface area (Å²) in [4.78, 5) is 12.7. The zero-order valence-corrected chi connectivity index (χ0v) is 14.9. The Morgan fingerprint density at radius 2 is 1.93 bits per heavy atom. The summed E-state index contributed by atoms with van der Waals surface area (Å²) in [5, 5.41) is 13.1. The molecule has 140 valence electrons. The maximum Gasteiger partial charge on any atom is 0.417 e. The van der Waals surface area contributed by atoms with E-state index in [1.807, 2.05) is 0 Å². The standard InChI is InChI=1S/C19H15ClF3N3O/c20-15-8-4-5-9-16(15)25-26-17(12-6-2-1-3-7-12)10-14(19(21,22)23)13(11-24)18(26)27/h1-3,6-7,10,15H,4-5,8-9H2/b25-16+. The number of alkyl halides is 4. The molecule has 8 heteroatoms. The van der Waals surface area contributed by atoms with Crippen molar-refractivity contribution >= 4 is 17.3 Å². The van der Waals surface area contributed by atoms with E-state index < -0.39 is 22.9 Å². The van der Waals surface area contributed by atoms with Crippen molar-refractivity contribution < 1.29 is 13.2 Å². The topological polar surface area (TPSA) is 58.1 Å². The number of hydrogen-bond acceptors (Lipinski definition) is 3. The van der Waals surface area contributed by atoms with Crippen LogP contribution in [0.3, 0.4) is 0 Å². The Morgan fingerprint density at radius 1 is 1.22 bits per heavy atom. The van der Waals surface area contributed by atoms with Crippen LogP contribution in [0.15, 0.2) is 46.3 Å². The van der Waals surface area contributed by atoms with Gasteiger partial charge in [-0.3, -0.25) is 4.79 Å². The van der Waals surface area contributed by atoms with Crippen LogP contribution in [0.4, 0.5) is 13.2 Å². The van der Waals surface area contributed by atoms with Gasteiger partial charge in [0.2, 0.25) is 0 Å². The summed E-state index contributed by atoms with van der Waals surface area (Å²) in [6, 6.07) is 10.3. The summed E-state index contributed by atoms with van der Waals surface area (Å²) in [6.45, 7) is 0. The molecule has 1 fully saturated rings. The minimum absolute atomic E-state index is 0.0335. The molecule has 0 spiro atoms. The molecule has 1 saturated carbocycles. The minimum atomic E-state index is -4.83. The summed E-state index contributed by atoms with van der Waals surface area (Å²) >= 11 is 6.27. The van der Waals surface area contributed by atoms with Crippen molar-refractivity contribution in [3.8, 4) is 17.3 Å². The Labute approximate surface area is 158 Å². The van der Waals surface area contributed by atoms with E-state index in [2.05, 4.69) is 5.10 Å².